The Bertz CT molecular complexity index is 524. The molecule has 0 radical (unpaired) electrons. The zero-order valence-electron chi connectivity index (χ0n) is 10.5. The standard InChI is InChI=1S/C12H14N2O5S/c13-9(15)7-19-5-4-14-12(18)11-8(3-6-20-11)1-2-10(16)17/h1-3,6H,4-5,7H2,(H2,13,15)(H,14,18)(H,16,17)/b2-1+. The molecular formula is C12H14N2O5S. The molecule has 1 aromatic rings. The highest BCUT2D eigenvalue weighted by molar-refractivity contribution is 7.12. The fraction of sp³-hybridized carbons (Fsp3) is 0.250. The lowest BCUT2D eigenvalue weighted by Crippen LogP contribution is -2.28. The van der Waals surface area contributed by atoms with Crippen molar-refractivity contribution in [2.75, 3.05) is 19.8 Å². The third kappa shape index (κ3) is 5.63. The first-order chi connectivity index (χ1) is 9.50. The first kappa shape index (κ1) is 15.9. The molecule has 0 aromatic carbocycles. The monoisotopic (exact) mass is 298 g/mol. The van der Waals surface area contributed by atoms with Crippen LogP contribution in [0, 0.1) is 0 Å². The third-order valence-corrected chi connectivity index (χ3v) is 3.01. The molecule has 2 amide bonds. The summed E-state index contributed by atoms with van der Waals surface area (Å²) in [5.74, 6) is -1.98. The van der Waals surface area contributed by atoms with Crippen LogP contribution in [0.25, 0.3) is 6.08 Å². The molecule has 0 aliphatic carbocycles. The number of carboxylic acid groups (broad SMARTS) is 1. The van der Waals surface area contributed by atoms with Crippen molar-refractivity contribution in [1.82, 2.24) is 5.32 Å². The van der Waals surface area contributed by atoms with Gasteiger partial charge in [-0.1, -0.05) is 0 Å². The van der Waals surface area contributed by atoms with Crippen molar-refractivity contribution in [3.63, 3.8) is 0 Å². The largest absolute Gasteiger partial charge is 0.478 e. The van der Waals surface area contributed by atoms with E-state index >= 15 is 0 Å². The maximum absolute atomic E-state index is 11.8. The molecule has 7 nitrogen and oxygen atoms in total. The normalized spacial score (nSPS) is 10.6. The molecular weight excluding hydrogens is 284 g/mol. The smallest absolute Gasteiger partial charge is 0.328 e. The molecule has 0 saturated carbocycles. The lowest BCUT2D eigenvalue weighted by molar-refractivity contribution is -0.131. The summed E-state index contributed by atoms with van der Waals surface area (Å²) in [5, 5.41) is 12.8. The van der Waals surface area contributed by atoms with Crippen LogP contribution in [0.3, 0.4) is 0 Å². The molecule has 0 bridgehead atoms. The number of primary amides is 1. The highest BCUT2D eigenvalue weighted by atomic mass is 32.1. The number of nitrogens with two attached hydrogens (primary N) is 1. The molecule has 0 spiro atoms. The van der Waals surface area contributed by atoms with E-state index in [1.165, 1.54) is 17.4 Å². The molecule has 1 heterocycles. The second kappa shape index (κ2) is 8.08. The van der Waals surface area contributed by atoms with E-state index in [2.05, 4.69) is 5.32 Å². The minimum absolute atomic E-state index is 0.167. The highest BCUT2D eigenvalue weighted by Gasteiger charge is 2.11. The van der Waals surface area contributed by atoms with E-state index in [1.807, 2.05) is 0 Å². The van der Waals surface area contributed by atoms with Gasteiger partial charge in [-0.05, 0) is 23.1 Å². The Morgan fingerprint density at radius 2 is 2.20 bits per heavy atom. The Morgan fingerprint density at radius 1 is 1.45 bits per heavy atom. The summed E-state index contributed by atoms with van der Waals surface area (Å²) in [6.45, 7) is 0.202. The SMILES string of the molecule is NC(=O)COCCNC(=O)c1sccc1/C=C/C(=O)O. The van der Waals surface area contributed by atoms with Crippen molar-refractivity contribution in [2.24, 2.45) is 5.73 Å². The molecule has 1 aromatic heterocycles. The molecule has 8 heteroatoms. The summed E-state index contributed by atoms with van der Waals surface area (Å²) < 4.78 is 4.89. The van der Waals surface area contributed by atoms with Gasteiger partial charge in [-0.3, -0.25) is 9.59 Å². The summed E-state index contributed by atoms with van der Waals surface area (Å²) in [7, 11) is 0. The predicted molar refractivity (Wildman–Crippen MR) is 73.3 cm³/mol. The van der Waals surface area contributed by atoms with Gasteiger partial charge in [-0.25, -0.2) is 4.79 Å². The van der Waals surface area contributed by atoms with Crippen LogP contribution < -0.4 is 11.1 Å². The van der Waals surface area contributed by atoms with E-state index in [9.17, 15) is 14.4 Å². The van der Waals surface area contributed by atoms with Gasteiger partial charge >= 0.3 is 5.97 Å². The Hall–Kier alpha value is -2.19. The van der Waals surface area contributed by atoms with Crippen molar-refractivity contribution in [2.45, 2.75) is 0 Å². The van der Waals surface area contributed by atoms with Gasteiger partial charge in [0.2, 0.25) is 5.91 Å². The Balaban J connectivity index is 2.46. The quantitative estimate of drug-likeness (QED) is 0.464. The van der Waals surface area contributed by atoms with Crippen LogP contribution in [0.5, 0.6) is 0 Å². The molecule has 0 unspecified atom stereocenters. The van der Waals surface area contributed by atoms with Crippen molar-refractivity contribution >= 4 is 35.2 Å². The number of ether oxygens (including phenoxy) is 1. The molecule has 0 atom stereocenters. The molecule has 0 aliphatic rings. The fourth-order valence-corrected chi connectivity index (χ4v) is 2.09. The summed E-state index contributed by atoms with van der Waals surface area (Å²) in [6, 6.07) is 1.66. The van der Waals surface area contributed by atoms with Crippen molar-refractivity contribution in [3.05, 3.63) is 28.0 Å². The summed E-state index contributed by atoms with van der Waals surface area (Å²) in [4.78, 5) is 33.1. The van der Waals surface area contributed by atoms with E-state index < -0.39 is 11.9 Å². The summed E-state index contributed by atoms with van der Waals surface area (Å²) in [6.07, 6.45) is 2.33. The number of hydrogen-bond donors (Lipinski definition) is 3. The number of aliphatic carboxylic acids is 1. The molecule has 0 saturated heterocycles. The van der Waals surface area contributed by atoms with Crippen LogP contribution in [-0.4, -0.2) is 42.6 Å². The van der Waals surface area contributed by atoms with E-state index in [-0.39, 0.29) is 25.7 Å². The average molecular weight is 298 g/mol. The first-order valence-corrected chi connectivity index (χ1v) is 6.51. The van der Waals surface area contributed by atoms with Gasteiger partial charge in [0.25, 0.3) is 5.91 Å². The molecule has 20 heavy (non-hydrogen) atoms. The second-order valence-corrected chi connectivity index (χ2v) is 4.57. The number of nitrogens with one attached hydrogen (secondary N) is 1. The van der Waals surface area contributed by atoms with Gasteiger partial charge in [-0.15, -0.1) is 11.3 Å². The number of thiophene rings is 1. The van der Waals surface area contributed by atoms with Gasteiger partial charge in [0.15, 0.2) is 0 Å². The minimum Gasteiger partial charge on any atom is -0.478 e. The summed E-state index contributed by atoms with van der Waals surface area (Å²) >= 11 is 1.21. The topological polar surface area (TPSA) is 119 Å². The van der Waals surface area contributed by atoms with Crippen molar-refractivity contribution in [3.8, 4) is 0 Å². The Labute approximate surface area is 119 Å². The van der Waals surface area contributed by atoms with Gasteiger partial charge in [0, 0.05) is 12.6 Å². The van der Waals surface area contributed by atoms with Crippen LogP contribution in [0.4, 0.5) is 0 Å². The van der Waals surface area contributed by atoms with Gasteiger partial charge < -0.3 is 20.9 Å². The fourth-order valence-electron chi connectivity index (χ4n) is 1.29. The predicted octanol–water partition coefficient (Wildman–Crippen LogP) is 0.0776. The van der Waals surface area contributed by atoms with E-state index in [0.717, 1.165) is 6.08 Å². The van der Waals surface area contributed by atoms with Crippen molar-refractivity contribution < 1.29 is 24.2 Å². The van der Waals surface area contributed by atoms with Gasteiger partial charge in [-0.2, -0.15) is 0 Å². The van der Waals surface area contributed by atoms with E-state index in [0.29, 0.717) is 10.4 Å². The second-order valence-electron chi connectivity index (χ2n) is 3.65. The molecule has 108 valence electrons. The van der Waals surface area contributed by atoms with Gasteiger partial charge in [0.1, 0.15) is 6.61 Å². The number of rotatable bonds is 8. The van der Waals surface area contributed by atoms with E-state index in [1.54, 1.807) is 11.4 Å². The van der Waals surface area contributed by atoms with Gasteiger partial charge in [0.05, 0.1) is 11.5 Å². The average Bonchev–Trinajstić information content (AvgIpc) is 2.83. The van der Waals surface area contributed by atoms with Crippen LogP contribution in [0.2, 0.25) is 0 Å². The van der Waals surface area contributed by atoms with Crippen molar-refractivity contribution in [1.29, 1.82) is 0 Å². The van der Waals surface area contributed by atoms with Crippen LogP contribution in [0.1, 0.15) is 15.2 Å². The van der Waals surface area contributed by atoms with E-state index in [4.69, 9.17) is 15.6 Å². The maximum Gasteiger partial charge on any atom is 0.328 e. The Kier molecular flexibility index (Phi) is 6.41. The Morgan fingerprint density at radius 3 is 2.85 bits per heavy atom. The number of carbonyl (C=O) groups is 3. The zero-order valence-corrected chi connectivity index (χ0v) is 11.3. The number of carbonyl (C=O) groups excluding carboxylic acids is 2. The van der Waals surface area contributed by atoms with Crippen LogP contribution >= 0.6 is 11.3 Å². The number of carboxylic acids is 1. The molecule has 0 aliphatic heterocycles. The van der Waals surface area contributed by atoms with Crippen LogP contribution in [0.15, 0.2) is 17.5 Å². The highest BCUT2D eigenvalue weighted by Crippen LogP contribution is 2.18. The minimum atomic E-state index is -1.08. The molecule has 0 fully saturated rings. The zero-order chi connectivity index (χ0) is 15.0. The lowest BCUT2D eigenvalue weighted by Gasteiger charge is -2.04. The lowest BCUT2D eigenvalue weighted by atomic mass is 10.2. The summed E-state index contributed by atoms with van der Waals surface area (Å²) in [5.41, 5.74) is 5.42. The number of amides is 2. The molecule has 4 N–H and O–H groups in total. The maximum atomic E-state index is 11.8. The molecule has 1 rings (SSSR count). The van der Waals surface area contributed by atoms with Crippen LogP contribution in [-0.2, 0) is 14.3 Å². The third-order valence-electron chi connectivity index (χ3n) is 2.08. The first-order valence-electron chi connectivity index (χ1n) is 5.63. The number of hydrogen-bond acceptors (Lipinski definition) is 5.